The Kier molecular flexibility index (Phi) is 5.58. The molecular weight excluding hydrogens is 232 g/mol. The molecular formula is C12H16N4O2. The maximum Gasteiger partial charge on any atom is 0.307 e. The van der Waals surface area contributed by atoms with Gasteiger partial charge in [-0.15, -0.1) is 5.10 Å². The van der Waals surface area contributed by atoms with E-state index in [1.807, 2.05) is 11.8 Å². The minimum Gasteiger partial charge on any atom is -0.466 e. The summed E-state index contributed by atoms with van der Waals surface area (Å²) in [6.45, 7) is 5.18. The third kappa shape index (κ3) is 3.70. The van der Waals surface area contributed by atoms with Gasteiger partial charge in [-0.2, -0.15) is 10.4 Å². The van der Waals surface area contributed by atoms with Crippen molar-refractivity contribution in [1.82, 2.24) is 10.2 Å². The fourth-order valence-corrected chi connectivity index (χ4v) is 1.52. The van der Waals surface area contributed by atoms with Gasteiger partial charge < -0.3 is 9.64 Å². The lowest BCUT2D eigenvalue weighted by Crippen LogP contribution is -2.28. The van der Waals surface area contributed by atoms with Crippen LogP contribution in [0.1, 0.15) is 25.8 Å². The minimum absolute atomic E-state index is 0.252. The molecule has 0 aliphatic carbocycles. The van der Waals surface area contributed by atoms with Crippen molar-refractivity contribution in [3.05, 3.63) is 17.8 Å². The Balaban J connectivity index is 2.72. The quantitative estimate of drug-likeness (QED) is 0.702. The molecule has 18 heavy (non-hydrogen) atoms. The smallest absolute Gasteiger partial charge is 0.307 e. The fourth-order valence-electron chi connectivity index (χ4n) is 1.52. The molecule has 1 heterocycles. The first-order valence-corrected chi connectivity index (χ1v) is 5.85. The molecule has 0 radical (unpaired) electrons. The van der Waals surface area contributed by atoms with Crippen LogP contribution in [-0.4, -0.2) is 35.9 Å². The van der Waals surface area contributed by atoms with Crippen LogP contribution >= 0.6 is 0 Å². The summed E-state index contributed by atoms with van der Waals surface area (Å²) in [7, 11) is 0. The van der Waals surface area contributed by atoms with Crippen molar-refractivity contribution in [2.24, 2.45) is 0 Å². The molecule has 0 unspecified atom stereocenters. The highest BCUT2D eigenvalue weighted by Gasteiger charge is 2.13. The van der Waals surface area contributed by atoms with E-state index < -0.39 is 0 Å². The average molecular weight is 248 g/mol. The van der Waals surface area contributed by atoms with Crippen LogP contribution in [-0.2, 0) is 9.53 Å². The van der Waals surface area contributed by atoms with Crippen LogP contribution in [0.5, 0.6) is 0 Å². The minimum atomic E-state index is -0.252. The second kappa shape index (κ2) is 7.22. The Morgan fingerprint density at radius 1 is 1.56 bits per heavy atom. The maximum atomic E-state index is 11.3. The van der Waals surface area contributed by atoms with E-state index in [2.05, 4.69) is 16.3 Å². The van der Waals surface area contributed by atoms with Gasteiger partial charge in [0.15, 0.2) is 5.82 Å². The zero-order valence-corrected chi connectivity index (χ0v) is 10.6. The number of nitrogens with zero attached hydrogens (tertiary/aromatic N) is 4. The van der Waals surface area contributed by atoms with Gasteiger partial charge in [0.2, 0.25) is 0 Å². The van der Waals surface area contributed by atoms with Crippen LogP contribution < -0.4 is 4.90 Å². The zero-order chi connectivity index (χ0) is 13.4. The van der Waals surface area contributed by atoms with E-state index in [1.165, 1.54) is 6.20 Å². The molecule has 0 amide bonds. The predicted molar refractivity (Wildman–Crippen MR) is 65.9 cm³/mol. The number of aromatic nitrogens is 2. The number of rotatable bonds is 6. The first-order valence-electron chi connectivity index (χ1n) is 5.85. The van der Waals surface area contributed by atoms with Crippen molar-refractivity contribution in [3.8, 4) is 6.07 Å². The van der Waals surface area contributed by atoms with E-state index in [-0.39, 0.29) is 12.4 Å². The lowest BCUT2D eigenvalue weighted by Gasteiger charge is -2.21. The molecule has 0 aliphatic rings. The predicted octanol–water partition coefficient (Wildman–Crippen LogP) is 1.13. The lowest BCUT2D eigenvalue weighted by molar-refractivity contribution is -0.142. The molecule has 1 rings (SSSR count). The second-order valence-corrected chi connectivity index (χ2v) is 3.51. The van der Waals surface area contributed by atoms with Crippen LogP contribution in [0, 0.1) is 11.3 Å². The molecule has 0 saturated carbocycles. The molecule has 0 spiro atoms. The summed E-state index contributed by atoms with van der Waals surface area (Å²) in [5, 5.41) is 16.7. The first-order chi connectivity index (χ1) is 8.72. The SMILES string of the molecule is CCOC(=O)CCN(CC)c1nnccc1C#N. The summed E-state index contributed by atoms with van der Waals surface area (Å²) in [5.41, 5.74) is 0.454. The largest absolute Gasteiger partial charge is 0.466 e. The van der Waals surface area contributed by atoms with E-state index in [4.69, 9.17) is 10.00 Å². The van der Waals surface area contributed by atoms with Gasteiger partial charge in [0, 0.05) is 13.1 Å². The highest BCUT2D eigenvalue weighted by atomic mass is 16.5. The number of hydrogen-bond acceptors (Lipinski definition) is 6. The van der Waals surface area contributed by atoms with Crippen LogP contribution in [0.25, 0.3) is 0 Å². The normalized spacial score (nSPS) is 9.61. The van der Waals surface area contributed by atoms with Crippen molar-refractivity contribution in [2.45, 2.75) is 20.3 Å². The molecule has 0 aromatic carbocycles. The van der Waals surface area contributed by atoms with Gasteiger partial charge in [0.25, 0.3) is 0 Å². The van der Waals surface area contributed by atoms with Crippen molar-refractivity contribution in [2.75, 3.05) is 24.6 Å². The Morgan fingerprint density at radius 2 is 2.33 bits per heavy atom. The van der Waals surface area contributed by atoms with Crippen LogP contribution in [0.2, 0.25) is 0 Å². The van der Waals surface area contributed by atoms with Gasteiger partial charge in [-0.3, -0.25) is 4.79 Å². The fraction of sp³-hybridized carbons (Fsp3) is 0.500. The van der Waals surface area contributed by atoms with Gasteiger partial charge >= 0.3 is 5.97 Å². The number of carbonyl (C=O) groups excluding carboxylic acids is 1. The summed E-state index contributed by atoms with van der Waals surface area (Å²) in [6, 6.07) is 3.67. The molecule has 1 aromatic heterocycles. The molecule has 0 bridgehead atoms. The standard InChI is InChI=1S/C12H16N4O2/c1-3-16(8-6-11(17)18-4-2)12-10(9-13)5-7-14-15-12/h5,7H,3-4,6,8H2,1-2H3. The van der Waals surface area contributed by atoms with E-state index >= 15 is 0 Å². The lowest BCUT2D eigenvalue weighted by atomic mass is 10.2. The number of anilines is 1. The van der Waals surface area contributed by atoms with Crippen LogP contribution in [0.3, 0.4) is 0 Å². The summed E-state index contributed by atoms with van der Waals surface area (Å²) in [5.74, 6) is 0.255. The number of nitriles is 1. The number of ether oxygens (including phenoxy) is 1. The topological polar surface area (TPSA) is 79.1 Å². The third-order valence-electron chi connectivity index (χ3n) is 2.39. The second-order valence-electron chi connectivity index (χ2n) is 3.51. The molecule has 0 N–H and O–H groups in total. The van der Waals surface area contributed by atoms with E-state index in [0.717, 1.165) is 0 Å². The molecule has 0 aliphatic heterocycles. The molecule has 6 heteroatoms. The van der Waals surface area contributed by atoms with Crippen LogP contribution in [0.15, 0.2) is 12.3 Å². The number of hydrogen-bond donors (Lipinski definition) is 0. The Labute approximate surface area is 106 Å². The molecule has 0 saturated heterocycles. The summed E-state index contributed by atoms with van der Waals surface area (Å²) in [6.07, 6.45) is 1.74. The Hall–Kier alpha value is -2.16. The first kappa shape index (κ1) is 13.9. The van der Waals surface area contributed by atoms with Gasteiger partial charge in [0.1, 0.15) is 6.07 Å². The Morgan fingerprint density at radius 3 is 2.94 bits per heavy atom. The highest BCUT2D eigenvalue weighted by Crippen LogP contribution is 2.15. The van der Waals surface area contributed by atoms with E-state index in [9.17, 15) is 4.79 Å². The average Bonchev–Trinajstić information content (AvgIpc) is 2.40. The molecule has 1 aromatic rings. The molecule has 6 nitrogen and oxygen atoms in total. The van der Waals surface area contributed by atoms with Crippen LogP contribution in [0.4, 0.5) is 5.82 Å². The van der Waals surface area contributed by atoms with Gasteiger partial charge in [0.05, 0.1) is 24.8 Å². The van der Waals surface area contributed by atoms with Crippen molar-refractivity contribution >= 4 is 11.8 Å². The van der Waals surface area contributed by atoms with Gasteiger partial charge in [-0.25, -0.2) is 0 Å². The summed E-state index contributed by atoms with van der Waals surface area (Å²) < 4.78 is 4.86. The number of carbonyl (C=O) groups is 1. The van der Waals surface area contributed by atoms with Crippen molar-refractivity contribution in [1.29, 1.82) is 5.26 Å². The molecule has 0 fully saturated rings. The number of esters is 1. The van der Waals surface area contributed by atoms with E-state index in [1.54, 1.807) is 13.0 Å². The Bertz CT molecular complexity index is 442. The maximum absolute atomic E-state index is 11.3. The summed E-state index contributed by atoms with van der Waals surface area (Å²) in [4.78, 5) is 13.1. The van der Waals surface area contributed by atoms with Crippen molar-refractivity contribution < 1.29 is 9.53 Å². The molecule has 0 atom stereocenters. The zero-order valence-electron chi connectivity index (χ0n) is 10.6. The third-order valence-corrected chi connectivity index (χ3v) is 2.39. The summed E-state index contributed by atoms with van der Waals surface area (Å²) >= 11 is 0. The monoisotopic (exact) mass is 248 g/mol. The van der Waals surface area contributed by atoms with Crippen molar-refractivity contribution in [3.63, 3.8) is 0 Å². The van der Waals surface area contributed by atoms with Gasteiger partial charge in [-0.1, -0.05) is 0 Å². The van der Waals surface area contributed by atoms with E-state index in [0.29, 0.717) is 31.1 Å². The molecule has 96 valence electrons. The highest BCUT2D eigenvalue weighted by molar-refractivity contribution is 5.70. The van der Waals surface area contributed by atoms with Gasteiger partial charge in [-0.05, 0) is 19.9 Å².